The maximum atomic E-state index is 13.7. The van der Waals surface area contributed by atoms with Gasteiger partial charge in [0.2, 0.25) is 21.8 Å². The summed E-state index contributed by atoms with van der Waals surface area (Å²) in [5.74, 6) is -0.961. The molecule has 1 atom stereocenters. The number of non-ortho nitro benzene ring substituents is 1. The molecule has 0 fully saturated rings. The minimum Gasteiger partial charge on any atom is -0.350 e. The highest BCUT2D eigenvalue weighted by Crippen LogP contribution is 2.24. The van der Waals surface area contributed by atoms with E-state index in [1.54, 1.807) is 6.92 Å². The average molecular weight is 519 g/mol. The summed E-state index contributed by atoms with van der Waals surface area (Å²) in [4.78, 5) is 38.8. The molecule has 0 saturated carbocycles. The zero-order valence-electron chi connectivity index (χ0n) is 21.5. The first-order chi connectivity index (χ1) is 16.6. The number of aryl methyl sites for hydroxylation is 1. The van der Waals surface area contributed by atoms with E-state index in [1.165, 1.54) is 23.1 Å². The largest absolute Gasteiger partial charge is 0.350 e. The van der Waals surface area contributed by atoms with Crippen LogP contribution in [0.25, 0.3) is 0 Å². The van der Waals surface area contributed by atoms with Gasteiger partial charge in [-0.05, 0) is 45.7 Å². The summed E-state index contributed by atoms with van der Waals surface area (Å²) in [5.41, 5.74) is 0.904. The molecule has 0 aliphatic carbocycles. The van der Waals surface area contributed by atoms with Gasteiger partial charge in [0.1, 0.15) is 12.6 Å². The van der Waals surface area contributed by atoms with Crippen LogP contribution in [0.4, 0.5) is 11.4 Å². The zero-order valence-corrected chi connectivity index (χ0v) is 22.3. The second-order valence-corrected chi connectivity index (χ2v) is 11.6. The fourth-order valence-corrected chi connectivity index (χ4v) is 4.60. The number of nitro benzene ring substituents is 1. The molecular weight excluding hydrogens is 484 g/mol. The number of anilines is 1. The van der Waals surface area contributed by atoms with Crippen LogP contribution in [0.2, 0.25) is 0 Å². The molecule has 0 aliphatic rings. The standard InChI is InChI=1S/C25H34N4O6S/c1-7-22(24(31)26-25(3,4)5)27(16-19-11-8-10-18(2)14-19)23(30)17-28(36(6,34)35)20-12-9-13-21(15-20)29(32)33/h8-15,22H,7,16-17H2,1-6H3,(H,26,31)/t22-/m1/s1. The van der Waals surface area contributed by atoms with Gasteiger partial charge in [0.05, 0.1) is 16.9 Å². The van der Waals surface area contributed by atoms with E-state index in [9.17, 15) is 28.1 Å². The van der Waals surface area contributed by atoms with Gasteiger partial charge in [-0.15, -0.1) is 0 Å². The van der Waals surface area contributed by atoms with Gasteiger partial charge < -0.3 is 10.2 Å². The Balaban J connectivity index is 2.50. The number of carbonyl (C=O) groups is 2. The Morgan fingerprint density at radius 2 is 1.75 bits per heavy atom. The number of hydrogen-bond acceptors (Lipinski definition) is 6. The van der Waals surface area contributed by atoms with E-state index in [1.807, 2.05) is 52.0 Å². The predicted molar refractivity (Wildman–Crippen MR) is 139 cm³/mol. The highest BCUT2D eigenvalue weighted by atomic mass is 32.2. The number of rotatable bonds is 10. The quantitative estimate of drug-likeness (QED) is 0.379. The van der Waals surface area contributed by atoms with Crippen LogP contribution in [0, 0.1) is 17.0 Å². The Labute approximate surface area is 212 Å². The van der Waals surface area contributed by atoms with Gasteiger partial charge in [-0.1, -0.05) is 42.8 Å². The third kappa shape index (κ3) is 8.04. The molecule has 0 heterocycles. The minimum absolute atomic E-state index is 0.0113. The number of hydrogen-bond donors (Lipinski definition) is 1. The third-order valence-electron chi connectivity index (χ3n) is 5.33. The maximum Gasteiger partial charge on any atom is 0.271 e. The summed E-state index contributed by atoms with van der Waals surface area (Å²) < 4.78 is 26.1. The van der Waals surface area contributed by atoms with Crippen LogP contribution >= 0.6 is 0 Å². The molecule has 2 aromatic rings. The van der Waals surface area contributed by atoms with Gasteiger partial charge in [-0.25, -0.2) is 8.42 Å². The molecule has 11 heteroatoms. The predicted octanol–water partition coefficient (Wildman–Crippen LogP) is 3.39. The number of carbonyl (C=O) groups excluding carboxylic acids is 2. The van der Waals surface area contributed by atoms with Crippen molar-refractivity contribution in [3.05, 3.63) is 69.8 Å². The molecule has 2 rings (SSSR count). The van der Waals surface area contributed by atoms with Gasteiger partial charge in [-0.2, -0.15) is 0 Å². The summed E-state index contributed by atoms with van der Waals surface area (Å²) in [5, 5.41) is 14.1. The van der Waals surface area contributed by atoms with Gasteiger partial charge in [0.15, 0.2) is 0 Å². The number of benzene rings is 2. The third-order valence-corrected chi connectivity index (χ3v) is 6.47. The SMILES string of the molecule is CC[C@H](C(=O)NC(C)(C)C)N(Cc1cccc(C)c1)C(=O)CN(c1cccc([N+](=O)[O-])c1)S(C)(=O)=O. The highest BCUT2D eigenvalue weighted by Gasteiger charge is 2.33. The molecule has 2 amide bonds. The van der Waals surface area contributed by atoms with Crippen LogP contribution in [0.1, 0.15) is 45.2 Å². The molecule has 0 radical (unpaired) electrons. The molecule has 2 aromatic carbocycles. The Morgan fingerprint density at radius 3 is 2.28 bits per heavy atom. The van der Waals surface area contributed by atoms with Crippen molar-refractivity contribution in [1.82, 2.24) is 10.2 Å². The van der Waals surface area contributed by atoms with E-state index in [2.05, 4.69) is 5.32 Å². The highest BCUT2D eigenvalue weighted by molar-refractivity contribution is 7.92. The molecule has 36 heavy (non-hydrogen) atoms. The maximum absolute atomic E-state index is 13.7. The summed E-state index contributed by atoms with van der Waals surface area (Å²) in [7, 11) is -3.99. The van der Waals surface area contributed by atoms with Gasteiger partial charge >= 0.3 is 0 Å². The van der Waals surface area contributed by atoms with Gasteiger partial charge in [0, 0.05) is 24.2 Å². The number of amides is 2. The summed E-state index contributed by atoms with van der Waals surface area (Å²) in [6.45, 7) is 8.65. The van der Waals surface area contributed by atoms with Crippen molar-refractivity contribution in [3.8, 4) is 0 Å². The lowest BCUT2D eigenvalue weighted by atomic mass is 10.0. The van der Waals surface area contributed by atoms with Crippen LogP contribution in [-0.4, -0.2) is 54.4 Å². The average Bonchev–Trinajstić information content (AvgIpc) is 2.75. The van der Waals surface area contributed by atoms with Gasteiger partial charge in [-0.3, -0.25) is 24.0 Å². The topological polar surface area (TPSA) is 130 Å². The lowest BCUT2D eigenvalue weighted by molar-refractivity contribution is -0.384. The molecule has 1 N–H and O–H groups in total. The summed E-state index contributed by atoms with van der Waals surface area (Å²) in [6, 6.07) is 11.7. The number of sulfonamides is 1. The van der Waals surface area contributed by atoms with Crippen LogP contribution < -0.4 is 9.62 Å². The van der Waals surface area contributed by atoms with Crippen LogP contribution in [0.5, 0.6) is 0 Å². The molecule has 0 saturated heterocycles. The molecule has 0 aliphatic heterocycles. The van der Waals surface area contributed by atoms with Crippen molar-refractivity contribution in [2.75, 3.05) is 17.1 Å². The van der Waals surface area contributed by atoms with Crippen LogP contribution in [-0.2, 0) is 26.2 Å². The van der Waals surface area contributed by atoms with E-state index in [0.717, 1.165) is 27.8 Å². The zero-order chi connectivity index (χ0) is 27.3. The molecule has 196 valence electrons. The number of nitrogens with one attached hydrogen (secondary N) is 1. The molecule has 0 aromatic heterocycles. The number of nitrogens with zero attached hydrogens (tertiary/aromatic N) is 3. The Kier molecular flexibility index (Phi) is 9.20. The first kappa shape index (κ1) is 28.8. The van der Waals surface area contributed by atoms with Crippen molar-refractivity contribution in [3.63, 3.8) is 0 Å². The molecule has 0 unspecified atom stereocenters. The second kappa shape index (κ2) is 11.5. The van der Waals surface area contributed by atoms with Crippen molar-refractivity contribution < 1.29 is 22.9 Å². The molecule has 0 bridgehead atoms. The van der Waals surface area contributed by atoms with Crippen molar-refractivity contribution in [2.45, 2.75) is 59.2 Å². The van der Waals surface area contributed by atoms with Crippen molar-refractivity contribution >= 4 is 33.2 Å². The van der Waals surface area contributed by atoms with E-state index >= 15 is 0 Å². The van der Waals surface area contributed by atoms with Crippen LogP contribution in [0.15, 0.2) is 48.5 Å². The molecule has 10 nitrogen and oxygen atoms in total. The molecule has 0 spiro atoms. The van der Waals surface area contributed by atoms with Crippen molar-refractivity contribution in [2.24, 2.45) is 0 Å². The fourth-order valence-electron chi connectivity index (χ4n) is 3.76. The van der Waals surface area contributed by atoms with E-state index < -0.39 is 39.0 Å². The van der Waals surface area contributed by atoms with E-state index in [-0.39, 0.29) is 23.8 Å². The molecular formula is C25H34N4O6S. The Morgan fingerprint density at radius 1 is 1.11 bits per heavy atom. The minimum atomic E-state index is -3.99. The smallest absolute Gasteiger partial charge is 0.271 e. The Hall–Kier alpha value is -3.47. The number of nitro groups is 1. The summed E-state index contributed by atoms with van der Waals surface area (Å²) >= 11 is 0. The van der Waals surface area contributed by atoms with Crippen LogP contribution in [0.3, 0.4) is 0 Å². The van der Waals surface area contributed by atoms with Crippen molar-refractivity contribution in [1.29, 1.82) is 0 Å². The monoisotopic (exact) mass is 518 g/mol. The van der Waals surface area contributed by atoms with Gasteiger partial charge in [0.25, 0.3) is 5.69 Å². The second-order valence-electron chi connectivity index (χ2n) is 9.72. The lowest BCUT2D eigenvalue weighted by Gasteiger charge is -2.34. The fraction of sp³-hybridized carbons (Fsp3) is 0.440. The lowest BCUT2D eigenvalue weighted by Crippen LogP contribution is -2.55. The van der Waals surface area contributed by atoms with E-state index in [4.69, 9.17) is 0 Å². The first-order valence-corrected chi connectivity index (χ1v) is 13.4. The Bertz CT molecular complexity index is 1220. The first-order valence-electron chi connectivity index (χ1n) is 11.5. The normalized spacial score (nSPS) is 12.5. The van der Waals surface area contributed by atoms with E-state index in [0.29, 0.717) is 6.42 Å². The summed E-state index contributed by atoms with van der Waals surface area (Å²) in [6.07, 6.45) is 1.22.